The summed E-state index contributed by atoms with van der Waals surface area (Å²) in [5.74, 6) is -0.0504. The highest BCUT2D eigenvalue weighted by Gasteiger charge is 2.18. The average molecular weight is 1080 g/mol. The molecule has 6 nitrogen and oxygen atoms in total. The molecule has 6 heteroatoms. The third-order valence-corrected chi connectivity index (χ3v) is 16.1. The van der Waals surface area contributed by atoms with Gasteiger partial charge < -0.3 is 20.3 Å². The van der Waals surface area contributed by atoms with Gasteiger partial charge in [-0.2, -0.15) is 0 Å². The molecule has 2 atom stereocenters. The summed E-state index contributed by atoms with van der Waals surface area (Å²) < 4.78 is 5.50. The van der Waals surface area contributed by atoms with Crippen molar-refractivity contribution in [2.45, 2.75) is 392 Å². The summed E-state index contributed by atoms with van der Waals surface area (Å²) in [7, 11) is 0. The number of ether oxygens (including phenoxy) is 1. The molecule has 0 saturated carbocycles. The fourth-order valence-electron chi connectivity index (χ4n) is 10.8. The molecule has 2 unspecified atom stereocenters. The molecule has 0 aromatic heterocycles. The van der Waals surface area contributed by atoms with Crippen LogP contribution in [0.25, 0.3) is 0 Å². The first-order chi connectivity index (χ1) is 38.0. The zero-order valence-electron chi connectivity index (χ0n) is 52.0. The smallest absolute Gasteiger partial charge is 0.305 e. The number of nitrogens with one attached hydrogen (secondary N) is 1. The van der Waals surface area contributed by atoms with Crippen molar-refractivity contribution in [3.05, 3.63) is 36.5 Å². The fourth-order valence-corrected chi connectivity index (χ4v) is 10.8. The van der Waals surface area contributed by atoms with Crippen LogP contribution in [0.5, 0.6) is 0 Å². The van der Waals surface area contributed by atoms with E-state index in [-0.39, 0.29) is 18.5 Å². The van der Waals surface area contributed by atoms with Crippen molar-refractivity contribution in [1.82, 2.24) is 5.32 Å². The van der Waals surface area contributed by atoms with E-state index >= 15 is 0 Å². The maximum atomic E-state index is 12.4. The first kappa shape index (κ1) is 75.1. The molecule has 77 heavy (non-hydrogen) atoms. The fraction of sp³-hybridized carbons (Fsp3) is 0.887. The maximum absolute atomic E-state index is 12.4. The Bertz CT molecular complexity index is 1250. The molecule has 0 saturated heterocycles. The number of hydrogen-bond donors (Lipinski definition) is 3. The highest BCUT2D eigenvalue weighted by Crippen LogP contribution is 2.18. The van der Waals surface area contributed by atoms with Gasteiger partial charge in [0.05, 0.1) is 25.4 Å². The normalized spacial score (nSPS) is 12.7. The van der Waals surface area contributed by atoms with Gasteiger partial charge in [0.2, 0.25) is 5.91 Å². The second kappa shape index (κ2) is 66.6. The third kappa shape index (κ3) is 63.1. The standard InChI is InChI=1S/C71H135NO5/c1-3-5-7-9-11-13-15-16-17-35-39-42-45-49-53-57-61-65-71(76)77-66-62-58-54-50-46-43-40-37-34-32-30-28-26-24-22-20-18-19-21-23-25-27-29-31-33-36-38-41-44-48-52-56-60-64-70(75)72-68(67-73)69(74)63-59-55-51-47-14-12-10-8-6-4-2/h16-17,22,24,59,63,68-69,73-74H,3-15,18-21,23,25-58,60-62,64-67H2,1-2H3,(H,72,75)/b17-16-,24-22-,63-59+. The van der Waals surface area contributed by atoms with Crippen LogP contribution in [0, 0.1) is 0 Å². The van der Waals surface area contributed by atoms with E-state index in [4.69, 9.17) is 4.74 Å². The van der Waals surface area contributed by atoms with Crippen molar-refractivity contribution in [1.29, 1.82) is 0 Å². The summed E-state index contributed by atoms with van der Waals surface area (Å²) in [6.07, 6.45) is 85.2. The van der Waals surface area contributed by atoms with Crippen LogP contribution in [0.15, 0.2) is 36.5 Å². The molecule has 0 aliphatic carbocycles. The van der Waals surface area contributed by atoms with Gasteiger partial charge in [-0.05, 0) is 83.5 Å². The van der Waals surface area contributed by atoms with E-state index in [9.17, 15) is 19.8 Å². The van der Waals surface area contributed by atoms with E-state index in [1.165, 1.54) is 308 Å². The van der Waals surface area contributed by atoms with Crippen molar-refractivity contribution >= 4 is 11.9 Å². The van der Waals surface area contributed by atoms with E-state index in [0.717, 1.165) is 44.9 Å². The number of unbranched alkanes of at least 4 members (excludes halogenated alkanes) is 50. The summed E-state index contributed by atoms with van der Waals surface area (Å²) in [6.45, 7) is 4.90. The lowest BCUT2D eigenvalue weighted by Crippen LogP contribution is -2.45. The summed E-state index contributed by atoms with van der Waals surface area (Å²) in [5, 5.41) is 23.0. The summed E-state index contributed by atoms with van der Waals surface area (Å²) in [5.41, 5.74) is 0. The Kier molecular flexibility index (Phi) is 64.9. The van der Waals surface area contributed by atoms with Crippen LogP contribution in [-0.4, -0.2) is 47.4 Å². The molecule has 0 spiro atoms. The molecule has 0 fully saturated rings. The summed E-state index contributed by atoms with van der Waals surface area (Å²) in [6, 6.07) is -0.624. The quantitative estimate of drug-likeness (QED) is 0.0320. The first-order valence-electron chi connectivity index (χ1n) is 34.8. The number of aliphatic hydroxyl groups excluding tert-OH is 2. The number of hydrogen-bond acceptors (Lipinski definition) is 5. The highest BCUT2D eigenvalue weighted by atomic mass is 16.5. The van der Waals surface area contributed by atoms with Crippen molar-refractivity contribution in [2.75, 3.05) is 13.2 Å². The topological polar surface area (TPSA) is 95.9 Å². The third-order valence-electron chi connectivity index (χ3n) is 16.1. The molecule has 0 radical (unpaired) electrons. The van der Waals surface area contributed by atoms with Crippen molar-refractivity contribution < 1.29 is 24.5 Å². The average Bonchev–Trinajstić information content (AvgIpc) is 3.43. The molecule has 3 N–H and O–H groups in total. The number of allylic oxidation sites excluding steroid dienone is 5. The minimum atomic E-state index is -0.840. The predicted molar refractivity (Wildman–Crippen MR) is 338 cm³/mol. The monoisotopic (exact) mass is 1080 g/mol. The predicted octanol–water partition coefficient (Wildman–Crippen LogP) is 22.3. The van der Waals surface area contributed by atoms with E-state index in [1.807, 2.05) is 6.08 Å². The van der Waals surface area contributed by atoms with Crippen LogP contribution in [0.3, 0.4) is 0 Å². The Morgan fingerprint density at radius 3 is 0.922 bits per heavy atom. The number of aliphatic hydroxyl groups is 2. The number of amides is 1. The Morgan fingerprint density at radius 1 is 0.351 bits per heavy atom. The number of carbonyl (C=O) groups is 2. The van der Waals surface area contributed by atoms with Crippen molar-refractivity contribution in [3.8, 4) is 0 Å². The van der Waals surface area contributed by atoms with Crippen LogP contribution >= 0.6 is 0 Å². The minimum absolute atomic E-state index is 0.0153. The lowest BCUT2D eigenvalue weighted by molar-refractivity contribution is -0.143. The van der Waals surface area contributed by atoms with E-state index in [0.29, 0.717) is 19.4 Å². The van der Waals surface area contributed by atoms with Gasteiger partial charge in [-0.25, -0.2) is 0 Å². The second-order valence-corrected chi connectivity index (χ2v) is 23.9. The van der Waals surface area contributed by atoms with E-state index in [2.05, 4.69) is 43.5 Å². The molecule has 0 aliphatic rings. The lowest BCUT2D eigenvalue weighted by Gasteiger charge is -2.20. The molecule has 0 bridgehead atoms. The molecule has 1 amide bonds. The number of rotatable bonds is 65. The van der Waals surface area contributed by atoms with Gasteiger partial charge in [-0.3, -0.25) is 9.59 Å². The molecular weight excluding hydrogens is 947 g/mol. The second-order valence-electron chi connectivity index (χ2n) is 23.9. The molecule has 0 aliphatic heterocycles. The number of carbonyl (C=O) groups excluding carboxylic acids is 2. The summed E-state index contributed by atoms with van der Waals surface area (Å²) in [4.78, 5) is 24.5. The summed E-state index contributed by atoms with van der Waals surface area (Å²) >= 11 is 0. The van der Waals surface area contributed by atoms with Crippen molar-refractivity contribution in [3.63, 3.8) is 0 Å². The van der Waals surface area contributed by atoms with E-state index in [1.54, 1.807) is 6.08 Å². The van der Waals surface area contributed by atoms with Gasteiger partial charge in [-0.15, -0.1) is 0 Å². The Balaban J connectivity index is 3.33. The minimum Gasteiger partial charge on any atom is -0.466 e. The lowest BCUT2D eigenvalue weighted by atomic mass is 10.0. The van der Waals surface area contributed by atoms with Gasteiger partial charge in [-0.1, -0.05) is 320 Å². The van der Waals surface area contributed by atoms with Crippen LogP contribution in [0.4, 0.5) is 0 Å². The molecule has 0 rings (SSSR count). The zero-order valence-corrected chi connectivity index (χ0v) is 52.0. The largest absolute Gasteiger partial charge is 0.466 e. The Hall–Kier alpha value is -1.92. The van der Waals surface area contributed by atoms with Crippen LogP contribution in [0.2, 0.25) is 0 Å². The van der Waals surface area contributed by atoms with Crippen molar-refractivity contribution in [2.24, 2.45) is 0 Å². The SMILES string of the molecule is CCCCCCCC/C=C\CCCCCCCCCC(=O)OCCCCCCCCCCCCCC/C=C\CCCCCCCCCCCCCCCCCCCC(=O)NC(CO)C(O)/C=C/CCCCCCCCCC. The maximum Gasteiger partial charge on any atom is 0.305 e. The highest BCUT2D eigenvalue weighted by molar-refractivity contribution is 5.76. The van der Waals surface area contributed by atoms with Crippen LogP contribution in [-0.2, 0) is 14.3 Å². The van der Waals surface area contributed by atoms with Gasteiger partial charge in [0.25, 0.3) is 0 Å². The van der Waals surface area contributed by atoms with Gasteiger partial charge in [0, 0.05) is 12.8 Å². The van der Waals surface area contributed by atoms with E-state index < -0.39 is 12.1 Å². The van der Waals surface area contributed by atoms with Crippen LogP contribution in [0.1, 0.15) is 380 Å². The Morgan fingerprint density at radius 2 is 0.610 bits per heavy atom. The molecule has 0 aromatic rings. The molecule has 454 valence electrons. The molecular formula is C71H135NO5. The van der Waals surface area contributed by atoms with Gasteiger partial charge in [0.15, 0.2) is 0 Å². The van der Waals surface area contributed by atoms with Gasteiger partial charge >= 0.3 is 5.97 Å². The van der Waals surface area contributed by atoms with Gasteiger partial charge in [0.1, 0.15) is 0 Å². The zero-order chi connectivity index (χ0) is 55.7. The first-order valence-corrected chi connectivity index (χ1v) is 34.8. The molecule has 0 heterocycles. The Labute approximate surface area is 481 Å². The number of esters is 1. The molecule has 0 aromatic carbocycles. The van der Waals surface area contributed by atoms with Crippen LogP contribution < -0.4 is 5.32 Å².